The first kappa shape index (κ1) is 17.1. The summed E-state index contributed by atoms with van der Waals surface area (Å²) in [4.78, 5) is 16.7. The molecule has 1 aromatic heterocycles. The zero-order valence-corrected chi connectivity index (χ0v) is 14.7. The van der Waals surface area contributed by atoms with Crippen LogP contribution < -0.4 is 10.6 Å². The van der Waals surface area contributed by atoms with Gasteiger partial charge in [0.1, 0.15) is 0 Å². The molecule has 1 saturated heterocycles. The van der Waals surface area contributed by atoms with Crippen molar-refractivity contribution >= 4 is 17.2 Å². The highest BCUT2D eigenvalue weighted by Gasteiger charge is 2.16. The van der Waals surface area contributed by atoms with Crippen molar-refractivity contribution in [1.29, 1.82) is 0 Å². The summed E-state index contributed by atoms with van der Waals surface area (Å²) < 4.78 is 5.53. The average molecular weight is 345 g/mol. The Hall–Kier alpha value is -1.76. The summed E-state index contributed by atoms with van der Waals surface area (Å²) >= 11 is 1.66. The van der Waals surface area contributed by atoms with Gasteiger partial charge in [0.15, 0.2) is 0 Å². The first-order valence-corrected chi connectivity index (χ1v) is 9.19. The minimum absolute atomic E-state index is 0.0394. The number of carbonyl (C=O) groups excluding carboxylic acids is 1. The molecule has 5 nitrogen and oxygen atoms in total. The summed E-state index contributed by atoms with van der Waals surface area (Å²) in [6, 6.07) is 7.73. The number of amides is 1. The third-order valence-electron chi connectivity index (χ3n) is 4.01. The lowest BCUT2D eigenvalue weighted by Gasteiger charge is -2.11. The van der Waals surface area contributed by atoms with Crippen molar-refractivity contribution < 1.29 is 9.53 Å². The predicted octanol–water partition coefficient (Wildman–Crippen LogP) is 2.65. The Bertz CT molecular complexity index is 680. The lowest BCUT2D eigenvalue weighted by Crippen LogP contribution is -2.31. The average Bonchev–Trinajstić information content (AvgIpc) is 3.25. The third kappa shape index (κ3) is 4.87. The zero-order chi connectivity index (χ0) is 16.8. The van der Waals surface area contributed by atoms with E-state index in [9.17, 15) is 4.79 Å². The number of benzene rings is 1. The lowest BCUT2D eigenvalue weighted by atomic mass is 10.1. The monoisotopic (exact) mass is 345 g/mol. The van der Waals surface area contributed by atoms with Crippen LogP contribution in [0.1, 0.15) is 39.5 Å². The molecule has 128 valence electrons. The van der Waals surface area contributed by atoms with Crippen molar-refractivity contribution in [3.63, 3.8) is 0 Å². The molecule has 0 spiro atoms. The number of aromatic nitrogens is 1. The van der Waals surface area contributed by atoms with Crippen molar-refractivity contribution in [3.05, 3.63) is 51.5 Å². The van der Waals surface area contributed by atoms with E-state index >= 15 is 0 Å². The van der Waals surface area contributed by atoms with Crippen LogP contribution in [-0.4, -0.2) is 30.1 Å². The number of ether oxygens (including phenoxy) is 1. The second kappa shape index (κ2) is 8.37. The molecule has 0 bridgehead atoms. The SMILES string of the molecule is Cc1nc(CNCc2cccc(C(=O)NC[C@@H]3CCCO3)c2)cs1. The van der Waals surface area contributed by atoms with E-state index in [0.717, 1.165) is 42.3 Å². The minimum atomic E-state index is -0.0394. The standard InChI is InChI=1S/C18H23N3O2S/c1-13-21-16(12-24-13)10-19-9-14-4-2-5-15(8-14)18(22)20-11-17-6-3-7-23-17/h2,4-5,8,12,17,19H,3,6-7,9-11H2,1H3,(H,20,22)/t17-/m0/s1. The third-order valence-corrected chi connectivity index (χ3v) is 4.83. The Morgan fingerprint density at radius 2 is 2.33 bits per heavy atom. The molecular formula is C18H23N3O2S. The highest BCUT2D eigenvalue weighted by Crippen LogP contribution is 2.12. The number of nitrogens with zero attached hydrogens (tertiary/aromatic N) is 1. The summed E-state index contributed by atoms with van der Waals surface area (Å²) in [5.41, 5.74) is 2.84. The van der Waals surface area contributed by atoms with E-state index in [4.69, 9.17) is 4.74 Å². The minimum Gasteiger partial charge on any atom is -0.376 e. The number of thiazole rings is 1. The topological polar surface area (TPSA) is 63.2 Å². The van der Waals surface area contributed by atoms with Crippen LogP contribution in [0.3, 0.4) is 0 Å². The number of hydrogen-bond donors (Lipinski definition) is 2. The quantitative estimate of drug-likeness (QED) is 0.810. The van der Waals surface area contributed by atoms with Crippen molar-refractivity contribution in [2.24, 2.45) is 0 Å². The summed E-state index contributed by atoms with van der Waals surface area (Å²) in [6.07, 6.45) is 2.28. The molecule has 0 radical (unpaired) electrons. The summed E-state index contributed by atoms with van der Waals surface area (Å²) in [5, 5.41) is 9.47. The Kier molecular flexibility index (Phi) is 5.96. The van der Waals surface area contributed by atoms with Crippen molar-refractivity contribution in [2.75, 3.05) is 13.2 Å². The molecule has 1 amide bonds. The molecule has 1 aliphatic rings. The molecule has 24 heavy (non-hydrogen) atoms. The maximum atomic E-state index is 12.3. The van der Waals surface area contributed by atoms with Gasteiger partial charge in [-0.1, -0.05) is 12.1 Å². The van der Waals surface area contributed by atoms with Crippen molar-refractivity contribution in [1.82, 2.24) is 15.6 Å². The zero-order valence-electron chi connectivity index (χ0n) is 13.9. The lowest BCUT2D eigenvalue weighted by molar-refractivity contribution is 0.0857. The van der Waals surface area contributed by atoms with E-state index in [-0.39, 0.29) is 12.0 Å². The van der Waals surface area contributed by atoms with Crippen LogP contribution in [-0.2, 0) is 17.8 Å². The Morgan fingerprint density at radius 3 is 3.08 bits per heavy atom. The van der Waals surface area contributed by atoms with Gasteiger partial charge in [0.2, 0.25) is 0 Å². The number of aryl methyl sites for hydroxylation is 1. The van der Waals surface area contributed by atoms with Crippen LogP contribution in [0.2, 0.25) is 0 Å². The van der Waals surface area contributed by atoms with E-state index in [1.54, 1.807) is 11.3 Å². The molecule has 2 N–H and O–H groups in total. The molecule has 1 fully saturated rings. The van der Waals surface area contributed by atoms with E-state index in [1.165, 1.54) is 0 Å². The number of hydrogen-bond acceptors (Lipinski definition) is 5. The van der Waals surface area contributed by atoms with Crippen LogP contribution >= 0.6 is 11.3 Å². The molecule has 2 heterocycles. The number of rotatable bonds is 7. The first-order valence-electron chi connectivity index (χ1n) is 8.31. The van der Waals surface area contributed by atoms with E-state index in [2.05, 4.69) is 21.0 Å². The van der Waals surface area contributed by atoms with Gasteiger partial charge in [-0.25, -0.2) is 4.98 Å². The first-order chi connectivity index (χ1) is 11.7. The fraction of sp³-hybridized carbons (Fsp3) is 0.444. The van der Waals surface area contributed by atoms with E-state index in [0.29, 0.717) is 18.7 Å². The molecule has 6 heteroatoms. The van der Waals surface area contributed by atoms with E-state index < -0.39 is 0 Å². The summed E-state index contributed by atoms with van der Waals surface area (Å²) in [7, 11) is 0. The maximum Gasteiger partial charge on any atom is 0.251 e. The van der Waals surface area contributed by atoms with Gasteiger partial charge in [-0.15, -0.1) is 11.3 Å². The van der Waals surface area contributed by atoms with Gasteiger partial charge in [0, 0.05) is 37.2 Å². The van der Waals surface area contributed by atoms with Gasteiger partial charge in [0.25, 0.3) is 5.91 Å². The second-order valence-electron chi connectivity index (χ2n) is 6.01. The van der Waals surface area contributed by atoms with Gasteiger partial charge in [-0.05, 0) is 37.5 Å². The smallest absolute Gasteiger partial charge is 0.251 e. The Labute approximate surface area is 146 Å². The Morgan fingerprint density at radius 1 is 1.42 bits per heavy atom. The van der Waals surface area contributed by atoms with Gasteiger partial charge in [-0.2, -0.15) is 0 Å². The van der Waals surface area contributed by atoms with Crippen LogP contribution in [0, 0.1) is 6.92 Å². The van der Waals surface area contributed by atoms with Gasteiger partial charge in [0.05, 0.1) is 16.8 Å². The normalized spacial score (nSPS) is 17.1. The molecule has 0 saturated carbocycles. The van der Waals surface area contributed by atoms with E-state index in [1.807, 2.05) is 31.2 Å². The molecule has 1 atom stereocenters. The van der Waals surface area contributed by atoms with Crippen molar-refractivity contribution in [2.45, 2.75) is 39.0 Å². The highest BCUT2D eigenvalue weighted by molar-refractivity contribution is 7.09. The van der Waals surface area contributed by atoms with Gasteiger partial charge in [-0.3, -0.25) is 4.79 Å². The number of nitrogens with one attached hydrogen (secondary N) is 2. The Balaban J connectivity index is 1.48. The molecular weight excluding hydrogens is 322 g/mol. The predicted molar refractivity (Wildman–Crippen MR) is 95.1 cm³/mol. The molecule has 0 aliphatic carbocycles. The van der Waals surface area contributed by atoms with Crippen LogP contribution in [0.15, 0.2) is 29.6 Å². The summed E-state index contributed by atoms with van der Waals surface area (Å²) in [5.74, 6) is -0.0394. The molecule has 2 aromatic rings. The largest absolute Gasteiger partial charge is 0.376 e. The molecule has 1 aromatic carbocycles. The fourth-order valence-corrected chi connectivity index (χ4v) is 3.37. The molecule has 0 unspecified atom stereocenters. The van der Waals surface area contributed by atoms with Crippen molar-refractivity contribution in [3.8, 4) is 0 Å². The maximum absolute atomic E-state index is 12.3. The van der Waals surface area contributed by atoms with Gasteiger partial charge < -0.3 is 15.4 Å². The van der Waals surface area contributed by atoms with Crippen LogP contribution in [0.4, 0.5) is 0 Å². The van der Waals surface area contributed by atoms with Crippen LogP contribution in [0.25, 0.3) is 0 Å². The highest BCUT2D eigenvalue weighted by atomic mass is 32.1. The van der Waals surface area contributed by atoms with Crippen LogP contribution in [0.5, 0.6) is 0 Å². The number of carbonyl (C=O) groups is 1. The summed E-state index contributed by atoms with van der Waals surface area (Å²) in [6.45, 7) is 4.85. The second-order valence-corrected chi connectivity index (χ2v) is 7.07. The molecule has 1 aliphatic heterocycles. The fourth-order valence-electron chi connectivity index (χ4n) is 2.76. The molecule has 3 rings (SSSR count). The van der Waals surface area contributed by atoms with Gasteiger partial charge >= 0.3 is 0 Å².